The maximum atomic E-state index is 12.4. The maximum absolute atomic E-state index is 12.4. The molecule has 0 N–H and O–H groups in total. The van der Waals surface area contributed by atoms with E-state index in [1.165, 1.54) is 11.6 Å². The first-order valence-electron chi connectivity index (χ1n) is 6.29. The Morgan fingerprint density at radius 2 is 2.32 bits per heavy atom. The van der Waals surface area contributed by atoms with Crippen LogP contribution in [0.1, 0.15) is 23.0 Å². The Labute approximate surface area is 110 Å². The Morgan fingerprint density at radius 3 is 3.16 bits per heavy atom. The van der Waals surface area contributed by atoms with Gasteiger partial charge in [-0.1, -0.05) is 18.2 Å². The molecule has 19 heavy (non-hydrogen) atoms. The molecule has 1 aliphatic rings. The minimum Gasteiger partial charge on any atom is -0.476 e. The van der Waals surface area contributed by atoms with E-state index in [2.05, 4.69) is 5.16 Å². The molecule has 0 radical (unpaired) electrons. The number of nitrogens with zero attached hydrogens (tertiary/aromatic N) is 2. The number of para-hydroxylation sites is 1. The van der Waals surface area contributed by atoms with Crippen molar-refractivity contribution >= 4 is 11.6 Å². The summed E-state index contributed by atoms with van der Waals surface area (Å²) in [6.07, 6.45) is 0.869. The highest BCUT2D eigenvalue weighted by Gasteiger charge is 2.27. The molecule has 0 atom stereocenters. The molecule has 0 aliphatic carbocycles. The van der Waals surface area contributed by atoms with Crippen molar-refractivity contribution in [3.8, 4) is 5.88 Å². The number of rotatable bonds is 3. The summed E-state index contributed by atoms with van der Waals surface area (Å²) in [7, 11) is 0. The van der Waals surface area contributed by atoms with Gasteiger partial charge in [0, 0.05) is 12.2 Å². The number of anilines is 1. The lowest BCUT2D eigenvalue weighted by molar-refractivity contribution is 0.0953. The zero-order chi connectivity index (χ0) is 13.2. The van der Waals surface area contributed by atoms with Crippen LogP contribution in [0.25, 0.3) is 0 Å². The number of benzene rings is 1. The van der Waals surface area contributed by atoms with E-state index >= 15 is 0 Å². The average Bonchev–Trinajstić information content (AvgIpc) is 3.05. The van der Waals surface area contributed by atoms with Gasteiger partial charge >= 0.3 is 0 Å². The topological polar surface area (TPSA) is 55.6 Å². The van der Waals surface area contributed by atoms with E-state index in [-0.39, 0.29) is 11.7 Å². The van der Waals surface area contributed by atoms with Crippen LogP contribution in [-0.2, 0) is 6.42 Å². The largest absolute Gasteiger partial charge is 0.476 e. The SMILES string of the molecule is CCOc1cc(C(=O)N2CCc3ccccc32)on1. The van der Waals surface area contributed by atoms with Crippen molar-refractivity contribution in [3.63, 3.8) is 0 Å². The van der Waals surface area contributed by atoms with Crippen molar-refractivity contribution in [1.29, 1.82) is 0 Å². The van der Waals surface area contributed by atoms with E-state index in [0.717, 1.165) is 12.1 Å². The lowest BCUT2D eigenvalue weighted by Crippen LogP contribution is -2.28. The van der Waals surface area contributed by atoms with E-state index in [0.29, 0.717) is 19.0 Å². The molecular formula is C14H14N2O3. The van der Waals surface area contributed by atoms with Gasteiger partial charge in [0.15, 0.2) is 0 Å². The second kappa shape index (κ2) is 4.76. The third kappa shape index (κ3) is 2.07. The molecule has 98 valence electrons. The fourth-order valence-electron chi connectivity index (χ4n) is 2.26. The minimum atomic E-state index is -0.177. The van der Waals surface area contributed by atoms with Gasteiger partial charge in [0.25, 0.3) is 11.8 Å². The summed E-state index contributed by atoms with van der Waals surface area (Å²) in [4.78, 5) is 14.1. The Morgan fingerprint density at radius 1 is 1.47 bits per heavy atom. The van der Waals surface area contributed by atoms with E-state index in [9.17, 15) is 4.79 Å². The molecule has 0 fully saturated rings. The number of ether oxygens (including phenoxy) is 1. The summed E-state index contributed by atoms with van der Waals surface area (Å²) in [5.74, 6) is 0.377. The molecule has 1 aromatic heterocycles. The first-order valence-corrected chi connectivity index (χ1v) is 6.29. The monoisotopic (exact) mass is 258 g/mol. The normalized spacial score (nSPS) is 13.4. The summed E-state index contributed by atoms with van der Waals surface area (Å²) in [6, 6.07) is 9.42. The summed E-state index contributed by atoms with van der Waals surface area (Å²) in [6.45, 7) is 3.02. The van der Waals surface area contributed by atoms with Gasteiger partial charge in [0.05, 0.1) is 12.7 Å². The molecule has 5 nitrogen and oxygen atoms in total. The molecule has 0 saturated carbocycles. The molecule has 1 aliphatic heterocycles. The highest BCUT2D eigenvalue weighted by atomic mass is 16.5. The first kappa shape index (κ1) is 11.8. The van der Waals surface area contributed by atoms with Gasteiger partial charge in [0.2, 0.25) is 5.76 Å². The molecule has 5 heteroatoms. The van der Waals surface area contributed by atoms with Crippen LogP contribution >= 0.6 is 0 Å². The van der Waals surface area contributed by atoms with Crippen LogP contribution in [0.4, 0.5) is 5.69 Å². The van der Waals surface area contributed by atoms with Gasteiger partial charge in [-0.05, 0) is 30.1 Å². The van der Waals surface area contributed by atoms with Crippen molar-refractivity contribution in [2.24, 2.45) is 0 Å². The number of aromatic nitrogens is 1. The molecule has 0 unspecified atom stereocenters. The van der Waals surface area contributed by atoms with Gasteiger partial charge < -0.3 is 14.2 Å². The summed E-state index contributed by atoms with van der Waals surface area (Å²) >= 11 is 0. The highest BCUT2D eigenvalue weighted by Crippen LogP contribution is 2.29. The fourth-order valence-corrected chi connectivity index (χ4v) is 2.26. The second-order valence-corrected chi connectivity index (χ2v) is 4.30. The molecule has 0 bridgehead atoms. The third-order valence-electron chi connectivity index (χ3n) is 3.12. The standard InChI is InChI=1S/C14H14N2O3/c1-2-18-13-9-12(19-15-13)14(17)16-8-7-10-5-3-4-6-11(10)16/h3-6,9H,2,7-8H2,1H3. The molecule has 2 heterocycles. The molecular weight excluding hydrogens is 244 g/mol. The molecule has 3 rings (SSSR count). The van der Waals surface area contributed by atoms with Crippen LogP contribution in [0.15, 0.2) is 34.9 Å². The van der Waals surface area contributed by atoms with Crippen LogP contribution in [0.2, 0.25) is 0 Å². The zero-order valence-electron chi connectivity index (χ0n) is 10.6. The van der Waals surface area contributed by atoms with Crippen LogP contribution in [0.3, 0.4) is 0 Å². The summed E-state index contributed by atoms with van der Waals surface area (Å²) < 4.78 is 10.2. The Balaban J connectivity index is 1.85. The fraction of sp³-hybridized carbons (Fsp3) is 0.286. The first-order chi connectivity index (χ1) is 9.29. The van der Waals surface area contributed by atoms with Crippen LogP contribution in [0, 0.1) is 0 Å². The average molecular weight is 258 g/mol. The van der Waals surface area contributed by atoms with Gasteiger partial charge in [0.1, 0.15) is 0 Å². The Bertz CT molecular complexity index is 606. The lowest BCUT2D eigenvalue weighted by atomic mass is 10.2. The van der Waals surface area contributed by atoms with Gasteiger partial charge in [-0.2, -0.15) is 0 Å². The predicted molar refractivity (Wildman–Crippen MR) is 69.5 cm³/mol. The molecule has 1 amide bonds. The molecule has 2 aromatic rings. The quantitative estimate of drug-likeness (QED) is 0.847. The number of carbonyl (C=O) groups excluding carboxylic acids is 1. The highest BCUT2D eigenvalue weighted by molar-refractivity contribution is 6.05. The van der Waals surface area contributed by atoms with Crippen molar-refractivity contribution in [1.82, 2.24) is 5.16 Å². The van der Waals surface area contributed by atoms with E-state index in [1.54, 1.807) is 4.90 Å². The van der Waals surface area contributed by atoms with Crippen molar-refractivity contribution < 1.29 is 14.1 Å². The van der Waals surface area contributed by atoms with Gasteiger partial charge in [-0.3, -0.25) is 4.79 Å². The predicted octanol–water partition coefficient (Wildman–Crippen LogP) is 2.28. The zero-order valence-corrected chi connectivity index (χ0v) is 10.6. The van der Waals surface area contributed by atoms with Crippen LogP contribution in [-0.4, -0.2) is 24.2 Å². The van der Waals surface area contributed by atoms with Gasteiger partial charge in [-0.15, -0.1) is 0 Å². The lowest BCUT2D eigenvalue weighted by Gasteiger charge is -2.14. The maximum Gasteiger partial charge on any atom is 0.297 e. The molecule has 1 aromatic carbocycles. The van der Waals surface area contributed by atoms with Crippen molar-refractivity contribution in [3.05, 3.63) is 41.7 Å². The van der Waals surface area contributed by atoms with Crippen molar-refractivity contribution in [2.75, 3.05) is 18.1 Å². The minimum absolute atomic E-state index is 0.177. The second-order valence-electron chi connectivity index (χ2n) is 4.30. The number of hydrogen-bond acceptors (Lipinski definition) is 4. The van der Waals surface area contributed by atoms with E-state index < -0.39 is 0 Å². The number of fused-ring (bicyclic) bond motifs is 1. The van der Waals surface area contributed by atoms with E-state index in [4.69, 9.17) is 9.26 Å². The summed E-state index contributed by atoms with van der Waals surface area (Å²) in [5, 5.41) is 3.71. The smallest absolute Gasteiger partial charge is 0.297 e. The molecule has 0 spiro atoms. The number of amides is 1. The van der Waals surface area contributed by atoms with Crippen molar-refractivity contribution in [2.45, 2.75) is 13.3 Å². The van der Waals surface area contributed by atoms with Crippen LogP contribution in [0.5, 0.6) is 5.88 Å². The number of hydrogen-bond donors (Lipinski definition) is 0. The van der Waals surface area contributed by atoms with Crippen LogP contribution < -0.4 is 9.64 Å². The molecule has 0 saturated heterocycles. The third-order valence-corrected chi connectivity index (χ3v) is 3.12. The van der Waals surface area contributed by atoms with E-state index in [1.807, 2.05) is 31.2 Å². The Kier molecular flexibility index (Phi) is 2.95. The Hall–Kier alpha value is -2.30. The number of carbonyl (C=O) groups is 1. The van der Waals surface area contributed by atoms with Gasteiger partial charge in [-0.25, -0.2) is 0 Å². The summed E-state index contributed by atoms with van der Waals surface area (Å²) in [5.41, 5.74) is 2.13.